The Morgan fingerprint density at radius 1 is 1.03 bits per heavy atom. The van der Waals surface area contributed by atoms with Gasteiger partial charge in [-0.2, -0.15) is 0 Å². The fourth-order valence-electron chi connectivity index (χ4n) is 3.62. The summed E-state index contributed by atoms with van der Waals surface area (Å²) in [4.78, 5) is 30.7. The van der Waals surface area contributed by atoms with E-state index in [1.165, 1.54) is 4.90 Å². The van der Waals surface area contributed by atoms with Crippen LogP contribution in [0.4, 0.5) is 10.5 Å². The minimum atomic E-state index is -0.501. The van der Waals surface area contributed by atoms with Crippen LogP contribution in [0.3, 0.4) is 0 Å². The first-order chi connectivity index (χ1) is 17.9. The number of hydrogen-bond donors (Lipinski definition) is 1. The second-order valence-corrected chi connectivity index (χ2v) is 9.88. The van der Waals surface area contributed by atoms with Gasteiger partial charge in [-0.1, -0.05) is 47.5 Å². The van der Waals surface area contributed by atoms with Crippen LogP contribution in [0.1, 0.15) is 10.4 Å². The third kappa shape index (κ3) is 7.89. The number of hydrogen-bond acceptors (Lipinski definition) is 5. The Morgan fingerprint density at radius 3 is 2.38 bits per heavy atom. The molecule has 196 valence electrons. The van der Waals surface area contributed by atoms with E-state index in [1.807, 2.05) is 35.7 Å². The molecule has 0 aliphatic rings. The van der Waals surface area contributed by atoms with Gasteiger partial charge >= 0.3 is 6.03 Å². The number of anilines is 1. The van der Waals surface area contributed by atoms with Crippen molar-refractivity contribution in [2.75, 3.05) is 39.2 Å². The molecular formula is C27H29Cl2N3O4S. The van der Waals surface area contributed by atoms with E-state index in [0.29, 0.717) is 46.7 Å². The van der Waals surface area contributed by atoms with Crippen molar-refractivity contribution in [2.45, 2.75) is 13.0 Å². The predicted molar refractivity (Wildman–Crippen MR) is 150 cm³/mol. The molecule has 1 N–H and O–H groups in total. The number of thiophene rings is 1. The van der Waals surface area contributed by atoms with Crippen LogP contribution in [-0.2, 0) is 17.8 Å². The number of carbonyl (C=O) groups excluding carboxylic acids is 2. The molecule has 0 atom stereocenters. The summed E-state index contributed by atoms with van der Waals surface area (Å²) in [6.45, 7) is 4.64. The Hall–Kier alpha value is -3.20. The average Bonchev–Trinajstić information content (AvgIpc) is 3.41. The Labute approximate surface area is 231 Å². The van der Waals surface area contributed by atoms with Gasteiger partial charge < -0.3 is 24.6 Å². The molecule has 0 bridgehead atoms. The van der Waals surface area contributed by atoms with E-state index in [9.17, 15) is 9.59 Å². The van der Waals surface area contributed by atoms with Gasteiger partial charge in [-0.3, -0.25) is 4.79 Å². The number of rotatable bonds is 12. The minimum absolute atomic E-state index is 0.142. The van der Waals surface area contributed by atoms with Crippen LogP contribution in [-0.4, -0.2) is 55.6 Å². The highest BCUT2D eigenvalue weighted by atomic mass is 35.5. The number of nitrogens with zero attached hydrogens (tertiary/aromatic N) is 2. The van der Waals surface area contributed by atoms with Gasteiger partial charge in [-0.05, 0) is 47.7 Å². The number of carbonyl (C=O) groups is 2. The molecule has 7 nitrogen and oxygen atoms in total. The fourth-order valence-corrected chi connectivity index (χ4v) is 4.84. The van der Waals surface area contributed by atoms with Gasteiger partial charge in [0.1, 0.15) is 6.54 Å². The van der Waals surface area contributed by atoms with Crippen molar-refractivity contribution in [3.05, 3.63) is 87.1 Å². The topological polar surface area (TPSA) is 71.1 Å². The second-order valence-electron chi connectivity index (χ2n) is 8.03. The quantitative estimate of drug-likeness (QED) is 0.261. The molecule has 0 spiro atoms. The summed E-state index contributed by atoms with van der Waals surface area (Å²) in [5, 5.41) is 5.30. The Morgan fingerprint density at radius 2 is 1.76 bits per heavy atom. The molecule has 0 radical (unpaired) electrons. The van der Waals surface area contributed by atoms with E-state index in [2.05, 4.69) is 11.9 Å². The summed E-state index contributed by atoms with van der Waals surface area (Å²) in [5.41, 5.74) is 1.29. The van der Waals surface area contributed by atoms with Crippen molar-refractivity contribution in [3.8, 4) is 11.5 Å². The van der Waals surface area contributed by atoms with Crippen molar-refractivity contribution >= 4 is 52.2 Å². The molecule has 0 unspecified atom stereocenters. The molecule has 3 aromatic rings. The lowest BCUT2D eigenvalue weighted by Gasteiger charge is -2.27. The van der Waals surface area contributed by atoms with E-state index >= 15 is 0 Å². The first-order valence-corrected chi connectivity index (χ1v) is 13.1. The third-order valence-corrected chi connectivity index (χ3v) is 7.05. The van der Waals surface area contributed by atoms with Crippen molar-refractivity contribution in [1.29, 1.82) is 0 Å². The third-order valence-electron chi connectivity index (χ3n) is 5.56. The monoisotopic (exact) mass is 561 g/mol. The normalized spacial score (nSPS) is 10.5. The standard InChI is InChI=1S/C27H29Cl2N3O4S/c1-4-13-32(27(34)30-26-21(28)8-5-9-22(26)29)18-25(33)31(17-20-7-6-15-37-20)14-12-19-10-11-23(35-2)24(16-19)36-3/h4-11,15-16H,1,12-14,17-18H2,2-3H3,(H,30,34). The van der Waals surface area contributed by atoms with Gasteiger partial charge in [0.2, 0.25) is 5.91 Å². The van der Waals surface area contributed by atoms with Crippen LogP contribution in [0.5, 0.6) is 11.5 Å². The molecule has 0 saturated heterocycles. The molecule has 0 saturated carbocycles. The molecule has 0 aliphatic heterocycles. The smallest absolute Gasteiger partial charge is 0.322 e. The van der Waals surface area contributed by atoms with Gasteiger partial charge in [0, 0.05) is 18.0 Å². The zero-order valence-electron chi connectivity index (χ0n) is 20.7. The molecule has 2 aromatic carbocycles. The maximum absolute atomic E-state index is 13.5. The first-order valence-electron chi connectivity index (χ1n) is 11.5. The predicted octanol–water partition coefficient (Wildman–Crippen LogP) is 6.36. The van der Waals surface area contributed by atoms with Crippen LogP contribution in [0, 0.1) is 0 Å². The Balaban J connectivity index is 1.75. The van der Waals surface area contributed by atoms with Crippen LogP contribution >= 0.6 is 34.5 Å². The van der Waals surface area contributed by atoms with Gasteiger partial charge in [-0.25, -0.2) is 4.79 Å². The summed E-state index contributed by atoms with van der Waals surface area (Å²) in [6, 6.07) is 14.1. The molecule has 0 fully saturated rings. The van der Waals surface area contributed by atoms with Gasteiger partial charge in [-0.15, -0.1) is 17.9 Å². The summed E-state index contributed by atoms with van der Waals surface area (Å²) in [6.07, 6.45) is 2.16. The Bertz CT molecular complexity index is 1200. The summed E-state index contributed by atoms with van der Waals surface area (Å²) in [5.74, 6) is 1.07. The van der Waals surface area contributed by atoms with E-state index < -0.39 is 6.03 Å². The lowest BCUT2D eigenvalue weighted by atomic mass is 10.1. The summed E-state index contributed by atoms with van der Waals surface area (Å²) >= 11 is 14.0. The average molecular weight is 563 g/mol. The number of para-hydroxylation sites is 1. The van der Waals surface area contributed by atoms with Crippen LogP contribution in [0.15, 0.2) is 66.6 Å². The summed E-state index contributed by atoms with van der Waals surface area (Å²) in [7, 11) is 3.17. The molecular weight excluding hydrogens is 533 g/mol. The number of halogens is 2. The fraction of sp³-hybridized carbons (Fsp3) is 0.259. The van der Waals surface area contributed by atoms with E-state index in [1.54, 1.807) is 54.7 Å². The zero-order chi connectivity index (χ0) is 26.8. The lowest BCUT2D eigenvalue weighted by molar-refractivity contribution is -0.132. The number of methoxy groups -OCH3 is 2. The maximum Gasteiger partial charge on any atom is 0.322 e. The second kappa shape index (κ2) is 13.9. The molecule has 1 heterocycles. The van der Waals surface area contributed by atoms with Gasteiger partial charge in [0.05, 0.1) is 36.5 Å². The van der Waals surface area contributed by atoms with Gasteiger partial charge in [0.15, 0.2) is 11.5 Å². The highest BCUT2D eigenvalue weighted by Gasteiger charge is 2.22. The molecule has 3 rings (SSSR count). The van der Waals surface area contributed by atoms with Crippen molar-refractivity contribution in [1.82, 2.24) is 9.80 Å². The highest BCUT2D eigenvalue weighted by Crippen LogP contribution is 2.30. The lowest BCUT2D eigenvalue weighted by Crippen LogP contribution is -2.44. The van der Waals surface area contributed by atoms with Gasteiger partial charge in [0.25, 0.3) is 0 Å². The molecule has 10 heteroatoms. The van der Waals surface area contributed by atoms with E-state index in [4.69, 9.17) is 32.7 Å². The summed E-state index contributed by atoms with van der Waals surface area (Å²) < 4.78 is 10.7. The van der Waals surface area contributed by atoms with Crippen LogP contribution in [0.2, 0.25) is 10.0 Å². The van der Waals surface area contributed by atoms with E-state index in [0.717, 1.165) is 10.4 Å². The number of ether oxygens (including phenoxy) is 2. The van der Waals surface area contributed by atoms with E-state index in [-0.39, 0.29) is 19.0 Å². The number of benzene rings is 2. The van der Waals surface area contributed by atoms with Crippen LogP contribution < -0.4 is 14.8 Å². The minimum Gasteiger partial charge on any atom is -0.493 e. The van der Waals surface area contributed by atoms with Crippen molar-refractivity contribution in [2.24, 2.45) is 0 Å². The molecule has 0 aliphatic carbocycles. The number of urea groups is 1. The molecule has 3 amide bonds. The SMILES string of the molecule is C=CCN(CC(=O)N(CCc1ccc(OC)c(OC)c1)Cc1cccs1)C(=O)Nc1c(Cl)cccc1Cl. The van der Waals surface area contributed by atoms with Crippen LogP contribution in [0.25, 0.3) is 0 Å². The Kier molecular flexibility index (Phi) is 10.7. The largest absolute Gasteiger partial charge is 0.493 e. The van der Waals surface area contributed by atoms with Crippen molar-refractivity contribution in [3.63, 3.8) is 0 Å². The molecule has 1 aromatic heterocycles. The van der Waals surface area contributed by atoms with Crippen molar-refractivity contribution < 1.29 is 19.1 Å². The number of nitrogens with one attached hydrogen (secondary N) is 1. The first kappa shape index (κ1) is 28.4. The maximum atomic E-state index is 13.5. The number of amides is 3. The zero-order valence-corrected chi connectivity index (χ0v) is 23.0. The molecule has 37 heavy (non-hydrogen) atoms. The highest BCUT2D eigenvalue weighted by molar-refractivity contribution is 7.09.